The summed E-state index contributed by atoms with van der Waals surface area (Å²) in [4.78, 5) is 13.8. The molecule has 2 nitrogen and oxygen atoms in total. The van der Waals surface area contributed by atoms with Crippen LogP contribution in [0.3, 0.4) is 0 Å². The van der Waals surface area contributed by atoms with Crippen LogP contribution in [-0.4, -0.2) is 22.9 Å². The van der Waals surface area contributed by atoms with Crippen molar-refractivity contribution in [3.05, 3.63) is 0 Å². The maximum atomic E-state index is 11.6. The van der Waals surface area contributed by atoms with Gasteiger partial charge >= 0.3 is 0 Å². The molecule has 0 bridgehead atoms. The first kappa shape index (κ1) is 10.0. The molecule has 14 heavy (non-hydrogen) atoms. The molecule has 2 fully saturated rings. The predicted octanol–water partition coefficient (Wildman–Crippen LogP) is 2.72. The van der Waals surface area contributed by atoms with E-state index >= 15 is 0 Å². The molecule has 2 heteroatoms. The zero-order valence-corrected chi connectivity index (χ0v) is 9.22. The van der Waals surface area contributed by atoms with Gasteiger partial charge in [0.15, 0.2) is 0 Å². The van der Waals surface area contributed by atoms with E-state index in [4.69, 9.17) is 0 Å². The van der Waals surface area contributed by atoms with Crippen LogP contribution >= 0.6 is 0 Å². The third kappa shape index (κ3) is 1.67. The van der Waals surface area contributed by atoms with Crippen molar-refractivity contribution in [1.29, 1.82) is 0 Å². The normalized spacial score (nSPS) is 26.5. The quantitative estimate of drug-likeness (QED) is 0.582. The fourth-order valence-electron chi connectivity index (χ4n) is 3.32. The minimum absolute atomic E-state index is 0.280. The minimum Gasteiger partial charge on any atom is -0.337 e. The van der Waals surface area contributed by atoms with Crippen molar-refractivity contribution in [2.75, 3.05) is 6.54 Å². The van der Waals surface area contributed by atoms with Gasteiger partial charge < -0.3 is 4.90 Å². The van der Waals surface area contributed by atoms with Gasteiger partial charge in [0, 0.05) is 19.0 Å². The summed E-state index contributed by atoms with van der Waals surface area (Å²) in [5.41, 5.74) is 0.280. The van der Waals surface area contributed by atoms with Gasteiger partial charge in [-0.3, -0.25) is 4.79 Å². The first-order chi connectivity index (χ1) is 6.75. The molecule has 1 aliphatic carbocycles. The van der Waals surface area contributed by atoms with Gasteiger partial charge in [-0.15, -0.1) is 0 Å². The van der Waals surface area contributed by atoms with Gasteiger partial charge in [-0.25, -0.2) is 0 Å². The Bertz CT molecular complexity index is 210. The Labute approximate surface area is 86.7 Å². The summed E-state index contributed by atoms with van der Waals surface area (Å²) in [6.07, 6.45) is 10.3. The summed E-state index contributed by atoms with van der Waals surface area (Å²) >= 11 is 0. The highest BCUT2D eigenvalue weighted by Gasteiger charge is 2.40. The van der Waals surface area contributed by atoms with Gasteiger partial charge in [0.1, 0.15) is 0 Å². The fraction of sp³-hybridized carbons (Fsp3) is 0.917. The zero-order valence-electron chi connectivity index (χ0n) is 9.22. The van der Waals surface area contributed by atoms with E-state index < -0.39 is 0 Å². The van der Waals surface area contributed by atoms with E-state index in [2.05, 4.69) is 4.90 Å². The van der Waals surface area contributed by atoms with Crippen molar-refractivity contribution in [2.45, 2.75) is 63.8 Å². The lowest BCUT2D eigenvalue weighted by Crippen LogP contribution is -2.54. The van der Waals surface area contributed by atoms with Crippen LogP contribution in [0.25, 0.3) is 0 Å². The summed E-state index contributed by atoms with van der Waals surface area (Å²) in [5, 5.41) is 0. The van der Waals surface area contributed by atoms with Gasteiger partial charge in [-0.2, -0.15) is 0 Å². The third-order valence-electron chi connectivity index (χ3n) is 4.01. The van der Waals surface area contributed by atoms with E-state index in [1.54, 1.807) is 6.92 Å². The molecule has 1 heterocycles. The van der Waals surface area contributed by atoms with E-state index in [1.807, 2.05) is 0 Å². The molecular formula is C12H21NO. The molecule has 0 aromatic carbocycles. The van der Waals surface area contributed by atoms with Crippen LogP contribution in [0.5, 0.6) is 0 Å². The predicted molar refractivity (Wildman–Crippen MR) is 57.1 cm³/mol. The van der Waals surface area contributed by atoms with E-state index in [-0.39, 0.29) is 5.54 Å². The Balaban J connectivity index is 2.14. The second-order valence-corrected chi connectivity index (χ2v) is 4.91. The second-order valence-electron chi connectivity index (χ2n) is 4.91. The number of carbonyl (C=O) groups is 1. The molecular weight excluding hydrogens is 174 g/mol. The third-order valence-corrected chi connectivity index (χ3v) is 4.01. The van der Waals surface area contributed by atoms with Gasteiger partial charge in [-0.1, -0.05) is 19.3 Å². The molecule has 0 aromatic rings. The van der Waals surface area contributed by atoms with Crippen LogP contribution < -0.4 is 0 Å². The Morgan fingerprint density at radius 3 is 2.14 bits per heavy atom. The Kier molecular flexibility index (Phi) is 2.80. The Morgan fingerprint density at radius 1 is 1.00 bits per heavy atom. The molecule has 0 aromatic heterocycles. The molecule has 1 spiro atoms. The molecule has 1 amide bonds. The van der Waals surface area contributed by atoms with Crippen molar-refractivity contribution in [2.24, 2.45) is 0 Å². The molecule has 0 N–H and O–H groups in total. The average Bonchev–Trinajstić information content (AvgIpc) is 2.19. The van der Waals surface area contributed by atoms with Crippen molar-refractivity contribution in [3.8, 4) is 0 Å². The molecule has 0 atom stereocenters. The molecule has 2 rings (SSSR count). The lowest BCUT2D eigenvalue weighted by Gasteiger charge is -2.49. The van der Waals surface area contributed by atoms with E-state index in [1.165, 1.54) is 51.4 Å². The molecule has 80 valence electrons. The van der Waals surface area contributed by atoms with Crippen LogP contribution in [-0.2, 0) is 4.79 Å². The van der Waals surface area contributed by atoms with E-state index in [9.17, 15) is 4.79 Å². The number of hydrogen-bond donors (Lipinski definition) is 0. The molecule has 0 unspecified atom stereocenters. The maximum Gasteiger partial charge on any atom is 0.219 e. The van der Waals surface area contributed by atoms with Crippen LogP contribution in [0.1, 0.15) is 58.3 Å². The Hall–Kier alpha value is -0.530. The topological polar surface area (TPSA) is 20.3 Å². The number of rotatable bonds is 0. The van der Waals surface area contributed by atoms with Crippen molar-refractivity contribution >= 4 is 5.91 Å². The highest BCUT2D eigenvalue weighted by atomic mass is 16.2. The Morgan fingerprint density at radius 2 is 1.57 bits per heavy atom. The maximum absolute atomic E-state index is 11.6. The molecule has 0 radical (unpaired) electrons. The highest BCUT2D eigenvalue weighted by molar-refractivity contribution is 5.74. The molecule has 1 aliphatic heterocycles. The fourth-order valence-corrected chi connectivity index (χ4v) is 3.32. The first-order valence-electron chi connectivity index (χ1n) is 6.03. The van der Waals surface area contributed by atoms with Crippen LogP contribution in [0.15, 0.2) is 0 Å². The van der Waals surface area contributed by atoms with Gasteiger partial charge in [-0.05, 0) is 32.1 Å². The van der Waals surface area contributed by atoms with E-state index in [0.29, 0.717) is 5.91 Å². The van der Waals surface area contributed by atoms with Crippen molar-refractivity contribution in [1.82, 2.24) is 4.90 Å². The zero-order chi connectivity index (χ0) is 10.0. The van der Waals surface area contributed by atoms with Crippen molar-refractivity contribution < 1.29 is 4.79 Å². The van der Waals surface area contributed by atoms with Gasteiger partial charge in [0.25, 0.3) is 0 Å². The van der Waals surface area contributed by atoms with Gasteiger partial charge in [0.2, 0.25) is 5.91 Å². The molecule has 2 aliphatic rings. The number of nitrogens with zero attached hydrogens (tertiary/aromatic N) is 1. The number of piperidine rings is 1. The van der Waals surface area contributed by atoms with Crippen LogP contribution in [0, 0.1) is 0 Å². The largest absolute Gasteiger partial charge is 0.337 e. The molecule has 1 saturated heterocycles. The minimum atomic E-state index is 0.280. The summed E-state index contributed by atoms with van der Waals surface area (Å²) in [6.45, 7) is 2.75. The van der Waals surface area contributed by atoms with E-state index in [0.717, 1.165) is 6.54 Å². The second kappa shape index (κ2) is 3.92. The van der Waals surface area contributed by atoms with Crippen LogP contribution in [0.4, 0.5) is 0 Å². The number of amides is 1. The standard InChI is InChI=1S/C12H21NO/c1-11(14)13-10-6-5-9-12(13)7-3-2-4-8-12/h2-10H2,1H3. The highest BCUT2D eigenvalue weighted by Crippen LogP contribution is 2.40. The number of hydrogen-bond acceptors (Lipinski definition) is 1. The van der Waals surface area contributed by atoms with Crippen molar-refractivity contribution in [3.63, 3.8) is 0 Å². The number of likely N-dealkylation sites (tertiary alicyclic amines) is 1. The summed E-state index contributed by atoms with van der Waals surface area (Å²) in [7, 11) is 0. The summed E-state index contributed by atoms with van der Waals surface area (Å²) in [5.74, 6) is 0.298. The van der Waals surface area contributed by atoms with Crippen LogP contribution in [0.2, 0.25) is 0 Å². The monoisotopic (exact) mass is 195 g/mol. The summed E-state index contributed by atoms with van der Waals surface area (Å²) < 4.78 is 0. The molecule has 1 saturated carbocycles. The van der Waals surface area contributed by atoms with Gasteiger partial charge in [0.05, 0.1) is 0 Å². The average molecular weight is 195 g/mol. The number of carbonyl (C=O) groups excluding carboxylic acids is 1. The smallest absolute Gasteiger partial charge is 0.219 e. The lowest BCUT2D eigenvalue weighted by atomic mass is 9.75. The SMILES string of the molecule is CC(=O)N1CCCCC12CCCCC2. The lowest BCUT2D eigenvalue weighted by molar-refractivity contribution is -0.139. The first-order valence-corrected chi connectivity index (χ1v) is 6.03. The summed E-state index contributed by atoms with van der Waals surface area (Å²) in [6, 6.07) is 0.